The van der Waals surface area contributed by atoms with E-state index in [1.807, 2.05) is 13.8 Å². The van der Waals surface area contributed by atoms with Gasteiger partial charge in [-0.2, -0.15) is 0 Å². The van der Waals surface area contributed by atoms with Crippen LogP contribution in [0.1, 0.15) is 32.2 Å². The summed E-state index contributed by atoms with van der Waals surface area (Å²) in [6, 6.07) is 0. The van der Waals surface area contributed by atoms with E-state index in [9.17, 15) is 9.90 Å². The first kappa shape index (κ1) is 13.6. The lowest BCUT2D eigenvalue weighted by Gasteiger charge is -2.27. The van der Waals surface area contributed by atoms with E-state index in [0.29, 0.717) is 23.9 Å². The zero-order valence-corrected chi connectivity index (χ0v) is 10.7. The zero-order chi connectivity index (χ0) is 13.1. The minimum Gasteiger partial charge on any atom is -0.480 e. The fraction of sp³-hybridized carbons (Fsp3) is 0.583. The first-order chi connectivity index (χ1) is 7.88. The highest BCUT2D eigenvalue weighted by atomic mass is 16.4. The molecule has 0 radical (unpaired) electrons. The van der Waals surface area contributed by atoms with E-state index in [1.165, 1.54) is 6.20 Å². The van der Waals surface area contributed by atoms with Gasteiger partial charge in [0.15, 0.2) is 5.54 Å². The number of nitrogens with zero attached hydrogens (tertiary/aromatic N) is 2. The number of aryl methyl sites for hydroxylation is 1. The Bertz CT molecular complexity index is 406. The SMILES string of the molecule is Cc1nccnc1C(C)(NCC(C)C)C(=O)O. The Labute approximate surface area is 101 Å². The first-order valence-corrected chi connectivity index (χ1v) is 5.64. The number of hydrogen-bond donors (Lipinski definition) is 2. The minimum absolute atomic E-state index is 0.366. The van der Waals surface area contributed by atoms with Gasteiger partial charge in [-0.3, -0.25) is 15.3 Å². The van der Waals surface area contributed by atoms with Crippen molar-refractivity contribution in [3.8, 4) is 0 Å². The lowest BCUT2D eigenvalue weighted by atomic mass is 9.95. The van der Waals surface area contributed by atoms with Gasteiger partial charge in [-0.25, -0.2) is 4.79 Å². The van der Waals surface area contributed by atoms with Gasteiger partial charge in [0.05, 0.1) is 11.4 Å². The van der Waals surface area contributed by atoms with Gasteiger partial charge in [0, 0.05) is 12.4 Å². The standard InChI is InChI=1S/C12H19N3O2/c1-8(2)7-15-12(4,11(16)17)10-9(3)13-5-6-14-10/h5-6,8,15H,7H2,1-4H3,(H,16,17). The van der Waals surface area contributed by atoms with Gasteiger partial charge < -0.3 is 5.11 Å². The van der Waals surface area contributed by atoms with Crippen LogP contribution >= 0.6 is 0 Å². The summed E-state index contributed by atoms with van der Waals surface area (Å²) >= 11 is 0. The first-order valence-electron chi connectivity index (χ1n) is 5.64. The van der Waals surface area contributed by atoms with Crippen LogP contribution in [0.5, 0.6) is 0 Å². The fourth-order valence-corrected chi connectivity index (χ4v) is 1.57. The highest BCUT2D eigenvalue weighted by molar-refractivity contribution is 5.79. The Kier molecular flexibility index (Phi) is 4.17. The van der Waals surface area contributed by atoms with Gasteiger partial charge in [-0.15, -0.1) is 0 Å². The highest BCUT2D eigenvalue weighted by Gasteiger charge is 2.37. The van der Waals surface area contributed by atoms with Crippen LogP contribution in [0.3, 0.4) is 0 Å². The molecule has 0 aromatic carbocycles. The Morgan fingerprint density at radius 3 is 2.53 bits per heavy atom. The molecule has 17 heavy (non-hydrogen) atoms. The summed E-state index contributed by atoms with van der Waals surface area (Å²) < 4.78 is 0. The summed E-state index contributed by atoms with van der Waals surface area (Å²) in [5.41, 5.74) is -0.0930. The van der Waals surface area contributed by atoms with Gasteiger partial charge in [-0.05, 0) is 26.3 Å². The normalized spacial score (nSPS) is 14.6. The van der Waals surface area contributed by atoms with E-state index < -0.39 is 11.5 Å². The molecule has 1 aromatic rings. The molecule has 0 fully saturated rings. The van der Waals surface area contributed by atoms with Crippen molar-refractivity contribution in [3.63, 3.8) is 0 Å². The van der Waals surface area contributed by atoms with Crippen molar-refractivity contribution in [2.45, 2.75) is 33.2 Å². The monoisotopic (exact) mass is 237 g/mol. The average Bonchev–Trinajstić information content (AvgIpc) is 2.26. The molecule has 1 unspecified atom stereocenters. The maximum absolute atomic E-state index is 11.5. The molecule has 5 nitrogen and oxygen atoms in total. The van der Waals surface area contributed by atoms with Crippen molar-refractivity contribution in [2.75, 3.05) is 6.54 Å². The molecule has 0 saturated heterocycles. The van der Waals surface area contributed by atoms with Crippen molar-refractivity contribution >= 4 is 5.97 Å². The number of carboxylic acids is 1. The van der Waals surface area contributed by atoms with Crippen molar-refractivity contribution in [1.29, 1.82) is 0 Å². The smallest absolute Gasteiger partial charge is 0.329 e. The number of rotatable bonds is 5. The molecule has 94 valence electrons. The highest BCUT2D eigenvalue weighted by Crippen LogP contribution is 2.21. The van der Waals surface area contributed by atoms with Gasteiger partial charge in [0.25, 0.3) is 0 Å². The largest absolute Gasteiger partial charge is 0.480 e. The third-order valence-corrected chi connectivity index (χ3v) is 2.65. The molecule has 0 spiro atoms. The van der Waals surface area contributed by atoms with Crippen LogP contribution in [-0.4, -0.2) is 27.6 Å². The van der Waals surface area contributed by atoms with E-state index >= 15 is 0 Å². The molecular formula is C12H19N3O2. The maximum Gasteiger partial charge on any atom is 0.329 e. The molecule has 1 aromatic heterocycles. The van der Waals surface area contributed by atoms with Crippen molar-refractivity contribution in [3.05, 3.63) is 23.8 Å². The molecule has 1 heterocycles. The quantitative estimate of drug-likeness (QED) is 0.808. The molecule has 5 heteroatoms. The van der Waals surface area contributed by atoms with Gasteiger partial charge >= 0.3 is 5.97 Å². The maximum atomic E-state index is 11.5. The lowest BCUT2D eigenvalue weighted by Crippen LogP contribution is -2.49. The number of carbonyl (C=O) groups is 1. The summed E-state index contributed by atoms with van der Waals surface area (Å²) in [4.78, 5) is 19.7. The Balaban J connectivity index is 3.08. The van der Waals surface area contributed by atoms with Gasteiger partial charge in [0.2, 0.25) is 0 Å². The Hall–Kier alpha value is -1.49. The van der Waals surface area contributed by atoms with Crippen molar-refractivity contribution < 1.29 is 9.90 Å². The number of aromatic nitrogens is 2. The number of hydrogen-bond acceptors (Lipinski definition) is 4. The predicted octanol–water partition coefficient (Wildman–Crippen LogP) is 1.33. The van der Waals surface area contributed by atoms with E-state index in [1.54, 1.807) is 20.0 Å². The average molecular weight is 237 g/mol. The number of carboxylic acid groups (broad SMARTS) is 1. The third-order valence-electron chi connectivity index (χ3n) is 2.65. The molecule has 1 atom stereocenters. The minimum atomic E-state index is -1.19. The Morgan fingerprint density at radius 1 is 1.47 bits per heavy atom. The number of nitrogens with one attached hydrogen (secondary N) is 1. The van der Waals surface area contributed by atoms with Crippen molar-refractivity contribution in [1.82, 2.24) is 15.3 Å². The lowest BCUT2D eigenvalue weighted by molar-refractivity contribution is -0.144. The van der Waals surface area contributed by atoms with Gasteiger partial charge in [0.1, 0.15) is 0 Å². The van der Waals surface area contributed by atoms with Crippen LogP contribution < -0.4 is 5.32 Å². The molecule has 0 amide bonds. The molecule has 0 bridgehead atoms. The summed E-state index contributed by atoms with van der Waals surface area (Å²) in [5.74, 6) is -0.576. The second kappa shape index (κ2) is 5.23. The topological polar surface area (TPSA) is 75.1 Å². The van der Waals surface area contributed by atoms with Gasteiger partial charge in [-0.1, -0.05) is 13.8 Å². The molecule has 0 saturated carbocycles. The van der Waals surface area contributed by atoms with E-state index in [-0.39, 0.29) is 0 Å². The van der Waals surface area contributed by atoms with Crippen LogP contribution in [0, 0.1) is 12.8 Å². The second-order valence-corrected chi connectivity index (χ2v) is 4.70. The summed E-state index contributed by atoms with van der Waals surface area (Å²) in [7, 11) is 0. The van der Waals surface area contributed by atoms with Crippen LogP contribution in [-0.2, 0) is 10.3 Å². The summed E-state index contributed by atoms with van der Waals surface area (Å²) in [5, 5.41) is 12.4. The van der Waals surface area contributed by atoms with Crippen molar-refractivity contribution in [2.24, 2.45) is 5.92 Å². The van der Waals surface area contributed by atoms with Crippen LogP contribution in [0.4, 0.5) is 0 Å². The van der Waals surface area contributed by atoms with Crippen LogP contribution in [0.15, 0.2) is 12.4 Å². The summed E-state index contributed by atoms with van der Waals surface area (Å²) in [6.07, 6.45) is 3.07. The molecule has 1 rings (SSSR count). The van der Waals surface area contributed by atoms with Crippen LogP contribution in [0.2, 0.25) is 0 Å². The van der Waals surface area contributed by atoms with E-state index in [0.717, 1.165) is 0 Å². The molecule has 0 aliphatic heterocycles. The zero-order valence-electron chi connectivity index (χ0n) is 10.7. The molecular weight excluding hydrogens is 218 g/mol. The second-order valence-electron chi connectivity index (χ2n) is 4.70. The summed E-state index contributed by atoms with van der Waals surface area (Å²) in [6.45, 7) is 8.05. The van der Waals surface area contributed by atoms with Crippen LogP contribution in [0.25, 0.3) is 0 Å². The molecule has 2 N–H and O–H groups in total. The van der Waals surface area contributed by atoms with E-state index in [4.69, 9.17) is 0 Å². The van der Waals surface area contributed by atoms with E-state index in [2.05, 4.69) is 15.3 Å². The molecule has 0 aliphatic carbocycles. The predicted molar refractivity (Wildman–Crippen MR) is 64.6 cm³/mol. The number of aliphatic carboxylic acids is 1. The molecule has 0 aliphatic rings. The Morgan fingerprint density at radius 2 is 2.06 bits per heavy atom. The fourth-order valence-electron chi connectivity index (χ4n) is 1.57. The third kappa shape index (κ3) is 3.00.